The number of carbonyl (C=O) groups is 4. The molecule has 4 rings (SSSR count). The van der Waals surface area contributed by atoms with E-state index < -0.39 is 48.3 Å². The molecule has 0 spiro atoms. The molecule has 0 saturated carbocycles. The van der Waals surface area contributed by atoms with Crippen molar-refractivity contribution in [3.05, 3.63) is 65.5 Å². The van der Waals surface area contributed by atoms with Gasteiger partial charge in [0.15, 0.2) is 0 Å². The number of ether oxygens (including phenoxy) is 1. The fraction of sp³-hybridized carbons (Fsp3) is 0.360. The van der Waals surface area contributed by atoms with Crippen molar-refractivity contribution in [2.75, 3.05) is 26.7 Å². The largest absolute Gasteiger partial charge is 0.497 e. The third-order valence-electron chi connectivity index (χ3n) is 6.40. The lowest BCUT2D eigenvalue weighted by Gasteiger charge is -2.51. The molecule has 2 aliphatic heterocycles. The molecule has 0 bridgehead atoms. The maximum absolute atomic E-state index is 13.3. The summed E-state index contributed by atoms with van der Waals surface area (Å²) in [6.45, 7) is 0.116. The molecule has 2 heterocycles. The summed E-state index contributed by atoms with van der Waals surface area (Å²) in [5.41, 5.74) is 4.39. The highest BCUT2D eigenvalue weighted by Gasteiger charge is 2.49. The highest BCUT2D eigenvalue weighted by atomic mass is 19.1. The molecule has 2 atom stereocenters. The number of piperazine rings is 1. The number of carboxylic acids is 1. The number of amides is 4. The van der Waals surface area contributed by atoms with Gasteiger partial charge in [0, 0.05) is 13.1 Å². The number of fused-ring (bicyclic) bond motifs is 1. The Morgan fingerprint density at radius 1 is 1.11 bits per heavy atom. The van der Waals surface area contributed by atoms with Gasteiger partial charge < -0.3 is 25.0 Å². The minimum absolute atomic E-state index is 0.00775. The zero-order valence-electron chi connectivity index (χ0n) is 20.2. The van der Waals surface area contributed by atoms with Gasteiger partial charge in [-0.3, -0.25) is 14.4 Å². The highest BCUT2D eigenvalue weighted by molar-refractivity contribution is 5.93. The van der Waals surface area contributed by atoms with Crippen molar-refractivity contribution in [3.8, 4) is 5.75 Å². The number of nitrogens with zero attached hydrogens (tertiary/aromatic N) is 3. The lowest BCUT2D eigenvalue weighted by molar-refractivity contribution is -0.172. The first-order valence-electron chi connectivity index (χ1n) is 11.8. The summed E-state index contributed by atoms with van der Waals surface area (Å²) in [5.74, 6) is -1.87. The quantitative estimate of drug-likeness (QED) is 0.479. The van der Waals surface area contributed by atoms with E-state index in [1.165, 1.54) is 39.1 Å². The SMILES string of the molecule is COc1ccc(CCN2C[C@@H]3N(C(=O)NCc4ccc(F)cc4)NCC(=O)N3C(CC(=O)O)C2=O)cc1. The number of rotatable bonds is 8. The van der Waals surface area contributed by atoms with Crippen molar-refractivity contribution in [3.63, 3.8) is 0 Å². The van der Waals surface area contributed by atoms with Gasteiger partial charge in [-0.1, -0.05) is 24.3 Å². The normalized spacial score (nSPS) is 19.5. The summed E-state index contributed by atoms with van der Waals surface area (Å²) in [7, 11) is 1.57. The molecule has 2 saturated heterocycles. The number of carboxylic acid groups (broad SMARTS) is 1. The van der Waals surface area contributed by atoms with E-state index in [0.717, 1.165) is 5.56 Å². The molecule has 2 aliphatic rings. The Morgan fingerprint density at radius 3 is 2.43 bits per heavy atom. The van der Waals surface area contributed by atoms with E-state index in [1.807, 2.05) is 12.1 Å². The second kappa shape index (κ2) is 11.2. The van der Waals surface area contributed by atoms with Gasteiger partial charge in [0.1, 0.15) is 23.8 Å². The van der Waals surface area contributed by atoms with Crippen LogP contribution in [0.15, 0.2) is 48.5 Å². The Kier molecular flexibility index (Phi) is 7.87. The van der Waals surface area contributed by atoms with E-state index in [4.69, 9.17) is 4.74 Å². The van der Waals surface area contributed by atoms with Crippen molar-refractivity contribution in [1.29, 1.82) is 0 Å². The highest BCUT2D eigenvalue weighted by Crippen LogP contribution is 2.25. The van der Waals surface area contributed by atoms with Crippen molar-refractivity contribution in [1.82, 2.24) is 25.6 Å². The minimum Gasteiger partial charge on any atom is -0.497 e. The van der Waals surface area contributed by atoms with Crippen LogP contribution in [0.3, 0.4) is 0 Å². The fourth-order valence-corrected chi connectivity index (χ4v) is 4.49. The number of hydrogen-bond donors (Lipinski definition) is 3. The number of aliphatic carboxylic acids is 1. The monoisotopic (exact) mass is 513 g/mol. The van der Waals surface area contributed by atoms with Crippen molar-refractivity contribution in [2.45, 2.75) is 31.6 Å². The third kappa shape index (κ3) is 5.97. The van der Waals surface area contributed by atoms with E-state index in [9.17, 15) is 28.7 Å². The molecular formula is C25H28FN5O6. The number of urea groups is 1. The van der Waals surface area contributed by atoms with Crippen molar-refractivity contribution >= 4 is 23.8 Å². The van der Waals surface area contributed by atoms with Crippen LogP contribution in [0.5, 0.6) is 5.75 Å². The first-order valence-corrected chi connectivity index (χ1v) is 11.8. The van der Waals surface area contributed by atoms with Crippen LogP contribution < -0.4 is 15.5 Å². The molecule has 2 aromatic rings. The maximum atomic E-state index is 13.3. The van der Waals surface area contributed by atoms with Crippen molar-refractivity contribution < 1.29 is 33.4 Å². The minimum atomic E-state index is -1.24. The van der Waals surface area contributed by atoms with Crippen LogP contribution in [0, 0.1) is 5.82 Å². The summed E-state index contributed by atoms with van der Waals surface area (Å²) < 4.78 is 18.3. The van der Waals surface area contributed by atoms with Gasteiger partial charge in [-0.05, 0) is 41.8 Å². The Labute approximate surface area is 212 Å². The van der Waals surface area contributed by atoms with Gasteiger partial charge >= 0.3 is 12.0 Å². The Bertz CT molecular complexity index is 1160. The molecule has 4 amide bonds. The molecule has 2 fully saturated rings. The van der Waals surface area contributed by atoms with E-state index in [0.29, 0.717) is 17.7 Å². The summed E-state index contributed by atoms with van der Waals surface area (Å²) in [6, 6.07) is 11.2. The zero-order chi connectivity index (χ0) is 26.5. The lowest BCUT2D eigenvalue weighted by atomic mass is 10.0. The second-order valence-corrected chi connectivity index (χ2v) is 8.77. The molecule has 12 heteroatoms. The first kappa shape index (κ1) is 25.9. The standard InChI is InChI=1S/C25H28FN5O6/c1-37-19-8-4-16(5-9-19)10-11-29-15-21-30(20(24(29)35)12-23(33)34)22(32)14-28-31(21)25(36)27-13-17-2-6-18(26)7-3-17/h2-9,20-21,28H,10-15H2,1H3,(H,27,36)(H,33,34)/t20?,21-/m0/s1. The molecule has 2 aromatic carbocycles. The van der Waals surface area contributed by atoms with E-state index in [2.05, 4.69) is 10.7 Å². The molecule has 37 heavy (non-hydrogen) atoms. The van der Waals surface area contributed by atoms with Gasteiger partial charge in [0.2, 0.25) is 11.8 Å². The average molecular weight is 514 g/mol. The van der Waals surface area contributed by atoms with Crippen LogP contribution in [0.2, 0.25) is 0 Å². The average Bonchev–Trinajstić information content (AvgIpc) is 2.89. The number of carbonyl (C=O) groups excluding carboxylic acids is 3. The molecule has 196 valence electrons. The lowest BCUT2D eigenvalue weighted by Crippen LogP contribution is -2.76. The van der Waals surface area contributed by atoms with Gasteiger partial charge in [0.05, 0.1) is 26.6 Å². The summed E-state index contributed by atoms with van der Waals surface area (Å²) >= 11 is 0. The van der Waals surface area contributed by atoms with Gasteiger partial charge in [-0.15, -0.1) is 0 Å². The van der Waals surface area contributed by atoms with Crippen LogP contribution in [-0.4, -0.2) is 82.7 Å². The number of nitrogens with one attached hydrogen (secondary N) is 2. The molecule has 0 aliphatic carbocycles. The Morgan fingerprint density at radius 2 is 1.78 bits per heavy atom. The van der Waals surface area contributed by atoms with E-state index in [1.54, 1.807) is 19.2 Å². The molecule has 0 aromatic heterocycles. The van der Waals surface area contributed by atoms with Crippen LogP contribution in [-0.2, 0) is 27.3 Å². The fourth-order valence-electron chi connectivity index (χ4n) is 4.49. The Hall–Kier alpha value is -4.19. The third-order valence-corrected chi connectivity index (χ3v) is 6.40. The van der Waals surface area contributed by atoms with Crippen LogP contribution in [0.4, 0.5) is 9.18 Å². The van der Waals surface area contributed by atoms with Crippen molar-refractivity contribution in [2.24, 2.45) is 0 Å². The number of methoxy groups -OCH3 is 1. The first-order chi connectivity index (χ1) is 17.8. The van der Waals surface area contributed by atoms with Gasteiger partial charge in [0.25, 0.3) is 0 Å². The molecule has 0 radical (unpaired) electrons. The summed E-state index contributed by atoms with van der Waals surface area (Å²) in [5, 5.41) is 13.4. The smallest absolute Gasteiger partial charge is 0.334 e. The molecule has 3 N–H and O–H groups in total. The second-order valence-electron chi connectivity index (χ2n) is 8.77. The topological polar surface area (TPSA) is 132 Å². The Balaban J connectivity index is 1.51. The van der Waals surface area contributed by atoms with Crippen LogP contribution in [0.1, 0.15) is 17.5 Å². The summed E-state index contributed by atoms with van der Waals surface area (Å²) in [6.07, 6.45) is -1.00. The zero-order valence-corrected chi connectivity index (χ0v) is 20.2. The summed E-state index contributed by atoms with van der Waals surface area (Å²) in [4.78, 5) is 53.4. The number of hydrazine groups is 1. The van der Waals surface area contributed by atoms with E-state index >= 15 is 0 Å². The predicted molar refractivity (Wildman–Crippen MR) is 128 cm³/mol. The molecule has 1 unspecified atom stereocenters. The van der Waals surface area contributed by atoms with Crippen LogP contribution >= 0.6 is 0 Å². The number of hydrogen-bond acceptors (Lipinski definition) is 6. The van der Waals surface area contributed by atoms with E-state index in [-0.39, 0.29) is 26.2 Å². The van der Waals surface area contributed by atoms with Crippen LogP contribution in [0.25, 0.3) is 0 Å². The van der Waals surface area contributed by atoms with Gasteiger partial charge in [-0.25, -0.2) is 19.6 Å². The predicted octanol–water partition coefficient (Wildman–Crippen LogP) is 0.947. The molecular weight excluding hydrogens is 485 g/mol. The molecule has 11 nitrogen and oxygen atoms in total. The maximum Gasteiger partial charge on any atom is 0.334 e. The number of halogens is 1. The van der Waals surface area contributed by atoms with Gasteiger partial charge in [-0.2, -0.15) is 0 Å². The number of benzene rings is 2.